The molecule has 1 amide bonds. The minimum absolute atomic E-state index is 0.166. The number of aromatic nitrogens is 1. The summed E-state index contributed by atoms with van der Waals surface area (Å²) in [7, 11) is 7.13. The molecule has 7 nitrogen and oxygen atoms in total. The fraction of sp³-hybridized carbons (Fsp3) is 0.200. The Kier molecular flexibility index (Phi) is 8.26. The molecule has 0 bridgehead atoms. The Morgan fingerprint density at radius 1 is 0.865 bits per heavy atom. The van der Waals surface area contributed by atoms with Crippen molar-refractivity contribution in [3.63, 3.8) is 0 Å². The fourth-order valence-electron chi connectivity index (χ4n) is 3.85. The molecule has 190 valence electrons. The van der Waals surface area contributed by atoms with Gasteiger partial charge in [-0.3, -0.25) is 4.79 Å². The Hall–Kier alpha value is -4.52. The van der Waals surface area contributed by atoms with Crippen LogP contribution < -0.4 is 24.4 Å². The molecule has 4 rings (SSSR count). The van der Waals surface area contributed by atoms with Crippen LogP contribution in [0.5, 0.6) is 17.4 Å². The molecular formula is C30H31N3O4. The first-order valence-electron chi connectivity index (χ1n) is 12.0. The molecule has 7 heteroatoms. The quantitative estimate of drug-likeness (QED) is 0.303. The van der Waals surface area contributed by atoms with Crippen molar-refractivity contribution >= 4 is 17.3 Å². The lowest BCUT2D eigenvalue weighted by atomic mass is 10.1. The number of rotatable bonds is 10. The van der Waals surface area contributed by atoms with Crippen LogP contribution in [0.3, 0.4) is 0 Å². The summed E-state index contributed by atoms with van der Waals surface area (Å²) >= 11 is 0. The van der Waals surface area contributed by atoms with Crippen LogP contribution in [-0.4, -0.2) is 45.8 Å². The number of hydrogen-bond acceptors (Lipinski definition) is 6. The molecule has 4 aromatic rings. The third-order valence-corrected chi connectivity index (χ3v) is 5.85. The minimum Gasteiger partial charge on any atom is -0.493 e. The van der Waals surface area contributed by atoms with Gasteiger partial charge < -0.3 is 24.4 Å². The fourth-order valence-corrected chi connectivity index (χ4v) is 3.85. The predicted molar refractivity (Wildman–Crippen MR) is 147 cm³/mol. The van der Waals surface area contributed by atoms with Gasteiger partial charge in [0, 0.05) is 49.1 Å². The molecule has 0 aliphatic heterocycles. The molecule has 0 radical (unpaired) electrons. The number of anilines is 2. The lowest BCUT2D eigenvalue weighted by Crippen LogP contribution is -2.14. The molecule has 1 N–H and O–H groups in total. The third-order valence-electron chi connectivity index (χ3n) is 5.85. The Bertz CT molecular complexity index is 1370. The molecule has 37 heavy (non-hydrogen) atoms. The van der Waals surface area contributed by atoms with Crippen LogP contribution in [0.15, 0.2) is 84.9 Å². The van der Waals surface area contributed by atoms with Gasteiger partial charge >= 0.3 is 0 Å². The van der Waals surface area contributed by atoms with Gasteiger partial charge in [-0.25, -0.2) is 4.98 Å². The second kappa shape index (κ2) is 11.9. The second-order valence-corrected chi connectivity index (χ2v) is 8.63. The standard InChI is InChI=1S/C30H31N3O4/c1-33(2)25-11-6-9-23(20-25)30(34)31-24-10-5-8-22(19-24)26-12-7-13-29(32-26)37-17-16-21-14-15-27(35-3)28(18-21)36-4/h5-15,18-20H,16-17H2,1-4H3,(H,31,34). The van der Waals surface area contributed by atoms with Crippen molar-refractivity contribution in [3.05, 3.63) is 96.1 Å². The number of hydrogen-bond donors (Lipinski definition) is 1. The maximum Gasteiger partial charge on any atom is 0.255 e. The predicted octanol–water partition coefficient (Wildman–Crippen LogP) is 5.71. The van der Waals surface area contributed by atoms with Crippen LogP contribution in [0, 0.1) is 0 Å². The van der Waals surface area contributed by atoms with E-state index in [1.807, 2.05) is 97.9 Å². The Morgan fingerprint density at radius 2 is 1.65 bits per heavy atom. The highest BCUT2D eigenvalue weighted by Gasteiger charge is 2.10. The van der Waals surface area contributed by atoms with Crippen molar-refractivity contribution in [2.45, 2.75) is 6.42 Å². The number of ether oxygens (including phenoxy) is 3. The number of pyridine rings is 1. The minimum atomic E-state index is -0.166. The molecule has 0 spiro atoms. The molecule has 0 aliphatic carbocycles. The number of carbonyl (C=O) groups excluding carboxylic acids is 1. The zero-order valence-electron chi connectivity index (χ0n) is 21.5. The van der Waals surface area contributed by atoms with E-state index < -0.39 is 0 Å². The van der Waals surface area contributed by atoms with Gasteiger partial charge in [-0.1, -0.05) is 30.3 Å². The number of carbonyl (C=O) groups is 1. The van der Waals surface area contributed by atoms with Gasteiger partial charge in [0.2, 0.25) is 5.88 Å². The number of benzene rings is 3. The molecule has 0 unspecified atom stereocenters. The van der Waals surface area contributed by atoms with E-state index in [0.717, 1.165) is 22.5 Å². The molecule has 1 aromatic heterocycles. The normalized spacial score (nSPS) is 10.5. The molecule has 3 aromatic carbocycles. The molecule has 1 heterocycles. The van der Waals surface area contributed by atoms with E-state index in [1.54, 1.807) is 20.3 Å². The Morgan fingerprint density at radius 3 is 2.43 bits per heavy atom. The Balaban J connectivity index is 1.41. The highest BCUT2D eigenvalue weighted by atomic mass is 16.5. The smallest absolute Gasteiger partial charge is 0.255 e. The summed E-state index contributed by atoms with van der Waals surface area (Å²) in [5.41, 5.74) is 4.97. The largest absolute Gasteiger partial charge is 0.493 e. The second-order valence-electron chi connectivity index (χ2n) is 8.63. The number of amides is 1. The zero-order valence-corrected chi connectivity index (χ0v) is 21.5. The van der Waals surface area contributed by atoms with Crippen LogP contribution in [0.1, 0.15) is 15.9 Å². The van der Waals surface area contributed by atoms with Gasteiger partial charge in [-0.15, -0.1) is 0 Å². The van der Waals surface area contributed by atoms with E-state index >= 15 is 0 Å². The average molecular weight is 498 g/mol. The first-order valence-corrected chi connectivity index (χ1v) is 12.0. The molecule has 0 atom stereocenters. The van der Waals surface area contributed by atoms with E-state index in [-0.39, 0.29) is 5.91 Å². The molecule has 0 saturated carbocycles. The summed E-state index contributed by atoms with van der Waals surface area (Å²) in [4.78, 5) is 19.4. The highest BCUT2D eigenvalue weighted by molar-refractivity contribution is 6.05. The zero-order chi connectivity index (χ0) is 26.2. The Labute approximate surface area is 217 Å². The van der Waals surface area contributed by atoms with Gasteiger partial charge in [0.15, 0.2) is 11.5 Å². The van der Waals surface area contributed by atoms with Gasteiger partial charge in [0.25, 0.3) is 5.91 Å². The van der Waals surface area contributed by atoms with E-state index in [2.05, 4.69) is 10.3 Å². The van der Waals surface area contributed by atoms with Crippen molar-refractivity contribution in [2.75, 3.05) is 45.1 Å². The van der Waals surface area contributed by atoms with Crippen molar-refractivity contribution in [1.82, 2.24) is 4.98 Å². The SMILES string of the molecule is COc1ccc(CCOc2cccc(-c3cccc(NC(=O)c4cccc(N(C)C)c4)c3)n2)cc1OC. The van der Waals surface area contributed by atoms with E-state index in [0.29, 0.717) is 41.7 Å². The van der Waals surface area contributed by atoms with E-state index in [1.165, 1.54) is 0 Å². The maximum atomic E-state index is 12.8. The van der Waals surface area contributed by atoms with E-state index in [9.17, 15) is 4.79 Å². The lowest BCUT2D eigenvalue weighted by Gasteiger charge is -2.14. The van der Waals surface area contributed by atoms with Crippen LogP contribution in [-0.2, 0) is 6.42 Å². The molecule has 0 aliphatic rings. The molecule has 0 saturated heterocycles. The van der Waals surface area contributed by atoms with Crippen molar-refractivity contribution < 1.29 is 19.0 Å². The highest BCUT2D eigenvalue weighted by Crippen LogP contribution is 2.28. The maximum absolute atomic E-state index is 12.8. The summed E-state index contributed by atoms with van der Waals surface area (Å²) in [5, 5.41) is 2.98. The van der Waals surface area contributed by atoms with Crippen molar-refractivity contribution in [1.29, 1.82) is 0 Å². The van der Waals surface area contributed by atoms with Gasteiger partial charge in [-0.2, -0.15) is 0 Å². The van der Waals surface area contributed by atoms with Gasteiger partial charge in [0.05, 0.1) is 26.5 Å². The first-order chi connectivity index (χ1) is 18.0. The van der Waals surface area contributed by atoms with Crippen molar-refractivity contribution in [3.8, 4) is 28.6 Å². The monoisotopic (exact) mass is 497 g/mol. The van der Waals surface area contributed by atoms with Gasteiger partial charge in [0.1, 0.15) is 0 Å². The number of nitrogens with one attached hydrogen (secondary N) is 1. The van der Waals surface area contributed by atoms with E-state index in [4.69, 9.17) is 14.2 Å². The summed E-state index contributed by atoms with van der Waals surface area (Å²) in [6.45, 7) is 0.466. The summed E-state index contributed by atoms with van der Waals surface area (Å²) in [6, 6.07) is 26.6. The summed E-state index contributed by atoms with van der Waals surface area (Å²) in [5.74, 6) is 1.76. The van der Waals surface area contributed by atoms with Crippen LogP contribution in [0.4, 0.5) is 11.4 Å². The number of methoxy groups -OCH3 is 2. The van der Waals surface area contributed by atoms with Crippen molar-refractivity contribution in [2.24, 2.45) is 0 Å². The lowest BCUT2D eigenvalue weighted by molar-refractivity contribution is 0.102. The third kappa shape index (κ3) is 6.58. The average Bonchev–Trinajstić information content (AvgIpc) is 2.93. The molecule has 0 fully saturated rings. The van der Waals surface area contributed by atoms with Gasteiger partial charge in [-0.05, 0) is 54.1 Å². The number of nitrogens with zero attached hydrogens (tertiary/aromatic N) is 2. The van der Waals surface area contributed by atoms with Crippen LogP contribution in [0.25, 0.3) is 11.3 Å². The molecular weight excluding hydrogens is 466 g/mol. The van der Waals surface area contributed by atoms with Crippen LogP contribution in [0.2, 0.25) is 0 Å². The topological polar surface area (TPSA) is 72.9 Å². The summed E-state index contributed by atoms with van der Waals surface area (Å²) in [6.07, 6.45) is 0.697. The van der Waals surface area contributed by atoms with Crippen LogP contribution >= 0.6 is 0 Å². The first kappa shape index (κ1) is 25.6. The summed E-state index contributed by atoms with van der Waals surface area (Å²) < 4.78 is 16.6.